The zero-order valence-corrected chi connectivity index (χ0v) is 14.5. The summed E-state index contributed by atoms with van der Waals surface area (Å²) in [6.45, 7) is 12.2. The Balaban J connectivity index is 4.85. The molecule has 0 aliphatic heterocycles. The van der Waals surface area contributed by atoms with Crippen LogP contribution in [0.1, 0.15) is 48.5 Å². The van der Waals surface area contributed by atoms with Crippen LogP contribution in [0.5, 0.6) is 0 Å². The number of halogens is 1. The fourth-order valence-electron chi connectivity index (χ4n) is 1.64. The van der Waals surface area contributed by atoms with Gasteiger partial charge in [-0.2, -0.15) is 0 Å². The highest BCUT2D eigenvalue weighted by molar-refractivity contribution is 5.75. The molecule has 0 aromatic rings. The molecule has 0 aromatic heterocycles. The third-order valence-corrected chi connectivity index (χ3v) is 2.76. The molecule has 0 bridgehead atoms. The molecule has 0 fully saturated rings. The number of esters is 1. The molecule has 0 aliphatic carbocycles. The van der Waals surface area contributed by atoms with Gasteiger partial charge in [0, 0.05) is 0 Å². The third kappa shape index (κ3) is 8.00. The zero-order valence-electron chi connectivity index (χ0n) is 14.5. The first-order valence-electron chi connectivity index (χ1n) is 7.51. The van der Waals surface area contributed by atoms with Crippen LogP contribution in [-0.2, 0) is 14.3 Å². The Labute approximate surface area is 132 Å². The van der Waals surface area contributed by atoms with Gasteiger partial charge in [-0.05, 0) is 46.6 Å². The maximum absolute atomic E-state index is 14.2. The van der Waals surface area contributed by atoms with E-state index in [0.29, 0.717) is 0 Å². The molecule has 0 rings (SSSR count). The van der Waals surface area contributed by atoms with E-state index in [1.54, 1.807) is 41.5 Å². The molecule has 1 amide bonds. The van der Waals surface area contributed by atoms with E-state index in [1.807, 2.05) is 0 Å². The monoisotopic (exact) mass is 317 g/mol. The van der Waals surface area contributed by atoms with Crippen LogP contribution in [0.4, 0.5) is 9.18 Å². The molecule has 0 radical (unpaired) electrons. The van der Waals surface area contributed by atoms with E-state index in [4.69, 9.17) is 9.47 Å². The molecule has 0 spiro atoms. The number of carbonyl (C=O) groups is 2. The highest BCUT2D eigenvalue weighted by Gasteiger charge is 2.25. The second-order valence-electron chi connectivity index (χ2n) is 6.44. The van der Waals surface area contributed by atoms with E-state index in [9.17, 15) is 14.0 Å². The first kappa shape index (κ1) is 20.4. The molecule has 0 saturated carbocycles. The topological polar surface area (TPSA) is 64.6 Å². The van der Waals surface area contributed by atoms with Gasteiger partial charge in [-0.3, -0.25) is 4.79 Å². The number of nitrogens with one attached hydrogen (secondary N) is 1. The number of ether oxygens (including phenoxy) is 2. The van der Waals surface area contributed by atoms with Gasteiger partial charge in [0.15, 0.2) is 0 Å². The number of hydrogen-bond donors (Lipinski definition) is 1. The van der Waals surface area contributed by atoms with Gasteiger partial charge < -0.3 is 14.8 Å². The molecule has 22 heavy (non-hydrogen) atoms. The van der Waals surface area contributed by atoms with Crippen molar-refractivity contribution in [2.75, 3.05) is 6.61 Å². The molecular weight excluding hydrogens is 289 g/mol. The lowest BCUT2D eigenvalue weighted by atomic mass is 9.94. The lowest BCUT2D eigenvalue weighted by molar-refractivity contribution is -0.147. The van der Waals surface area contributed by atoms with Gasteiger partial charge >= 0.3 is 12.1 Å². The van der Waals surface area contributed by atoms with Gasteiger partial charge in [-0.25, -0.2) is 9.18 Å². The Morgan fingerprint density at radius 3 is 2.18 bits per heavy atom. The lowest BCUT2D eigenvalue weighted by Crippen LogP contribution is -2.38. The lowest BCUT2D eigenvalue weighted by Gasteiger charge is -2.22. The van der Waals surface area contributed by atoms with Crippen LogP contribution in [0, 0.1) is 11.8 Å². The first-order chi connectivity index (χ1) is 9.97. The quantitative estimate of drug-likeness (QED) is 0.760. The van der Waals surface area contributed by atoms with E-state index < -0.39 is 35.5 Å². The molecule has 0 aliphatic rings. The Bertz CT molecular complexity index is 413. The number of amides is 1. The minimum absolute atomic E-state index is 0.112. The molecule has 2 atom stereocenters. The Hall–Kier alpha value is -1.59. The summed E-state index contributed by atoms with van der Waals surface area (Å²) >= 11 is 0. The van der Waals surface area contributed by atoms with Crippen LogP contribution in [0.15, 0.2) is 11.9 Å². The van der Waals surface area contributed by atoms with Crippen LogP contribution >= 0.6 is 0 Å². The normalized spacial score (nSPS) is 15.2. The summed E-state index contributed by atoms with van der Waals surface area (Å²) < 4.78 is 24.2. The van der Waals surface area contributed by atoms with Crippen molar-refractivity contribution in [3.63, 3.8) is 0 Å². The smallest absolute Gasteiger partial charge is 0.408 e. The van der Waals surface area contributed by atoms with Crippen molar-refractivity contribution in [1.82, 2.24) is 5.32 Å². The zero-order chi connectivity index (χ0) is 17.5. The van der Waals surface area contributed by atoms with E-state index in [2.05, 4.69) is 5.32 Å². The molecular formula is C16H28FNO4. The summed E-state index contributed by atoms with van der Waals surface area (Å²) in [5.41, 5.74) is -0.657. The predicted octanol–water partition coefficient (Wildman–Crippen LogP) is 3.59. The summed E-state index contributed by atoms with van der Waals surface area (Å²) in [6.07, 6.45) is 0.491. The molecule has 5 nitrogen and oxygen atoms in total. The number of rotatable bonds is 6. The molecule has 0 unspecified atom stereocenters. The first-order valence-corrected chi connectivity index (χ1v) is 7.51. The SMILES string of the molecule is CCOC(=O)[C@H](/C=C(\F)[C@@H](C)NC(=O)OC(C)(C)C)C(C)C. The standard InChI is InChI=1S/C16H28FNO4/c1-8-21-14(19)12(10(2)3)9-13(17)11(4)18-15(20)22-16(5,6)7/h9-12H,8H2,1-7H3,(H,18,20)/b13-9-/t11-,12-/m1/s1. The van der Waals surface area contributed by atoms with Crippen molar-refractivity contribution in [3.05, 3.63) is 11.9 Å². The minimum Gasteiger partial charge on any atom is -0.466 e. The number of carbonyl (C=O) groups excluding carboxylic acids is 2. The van der Waals surface area contributed by atoms with Crippen LogP contribution in [0.2, 0.25) is 0 Å². The van der Waals surface area contributed by atoms with Gasteiger partial charge in [-0.1, -0.05) is 13.8 Å². The molecule has 128 valence electrons. The predicted molar refractivity (Wildman–Crippen MR) is 83.0 cm³/mol. The van der Waals surface area contributed by atoms with Crippen molar-refractivity contribution in [3.8, 4) is 0 Å². The Morgan fingerprint density at radius 1 is 1.23 bits per heavy atom. The van der Waals surface area contributed by atoms with Crippen LogP contribution in [-0.4, -0.2) is 30.3 Å². The summed E-state index contributed by atoms with van der Waals surface area (Å²) in [5, 5.41) is 2.39. The van der Waals surface area contributed by atoms with Gasteiger partial charge in [0.1, 0.15) is 11.4 Å². The summed E-state index contributed by atoms with van der Waals surface area (Å²) in [5.74, 6) is -1.88. The minimum atomic E-state index is -0.884. The average molecular weight is 317 g/mol. The maximum Gasteiger partial charge on any atom is 0.408 e. The second-order valence-corrected chi connectivity index (χ2v) is 6.44. The van der Waals surface area contributed by atoms with Crippen molar-refractivity contribution < 1.29 is 23.5 Å². The summed E-state index contributed by atoms with van der Waals surface area (Å²) in [4.78, 5) is 23.4. The van der Waals surface area contributed by atoms with Crippen molar-refractivity contribution in [2.45, 2.75) is 60.1 Å². The Morgan fingerprint density at radius 2 is 1.77 bits per heavy atom. The van der Waals surface area contributed by atoms with Crippen molar-refractivity contribution in [1.29, 1.82) is 0 Å². The summed E-state index contributed by atoms with van der Waals surface area (Å²) in [7, 11) is 0. The van der Waals surface area contributed by atoms with E-state index >= 15 is 0 Å². The second kappa shape index (κ2) is 8.76. The van der Waals surface area contributed by atoms with Gasteiger partial charge in [0.2, 0.25) is 0 Å². The highest BCUT2D eigenvalue weighted by atomic mass is 19.1. The van der Waals surface area contributed by atoms with E-state index in [1.165, 1.54) is 13.0 Å². The molecule has 1 N–H and O–H groups in total. The van der Waals surface area contributed by atoms with Gasteiger partial charge in [0.05, 0.1) is 18.6 Å². The fourth-order valence-corrected chi connectivity index (χ4v) is 1.64. The average Bonchev–Trinajstić information content (AvgIpc) is 2.32. The largest absolute Gasteiger partial charge is 0.466 e. The van der Waals surface area contributed by atoms with E-state index in [-0.39, 0.29) is 12.5 Å². The molecule has 0 aromatic carbocycles. The van der Waals surface area contributed by atoms with E-state index in [0.717, 1.165) is 0 Å². The number of hydrogen-bond acceptors (Lipinski definition) is 4. The van der Waals surface area contributed by atoms with Gasteiger partial charge in [0.25, 0.3) is 0 Å². The molecule has 6 heteroatoms. The Kier molecular flexibility index (Phi) is 8.12. The third-order valence-electron chi connectivity index (χ3n) is 2.76. The van der Waals surface area contributed by atoms with Crippen molar-refractivity contribution in [2.24, 2.45) is 11.8 Å². The van der Waals surface area contributed by atoms with Crippen LogP contribution in [0.3, 0.4) is 0 Å². The summed E-state index contributed by atoms with van der Waals surface area (Å²) in [6, 6.07) is -0.884. The molecule has 0 saturated heterocycles. The fraction of sp³-hybridized carbons (Fsp3) is 0.750. The van der Waals surface area contributed by atoms with Gasteiger partial charge in [-0.15, -0.1) is 0 Å². The van der Waals surface area contributed by atoms with Crippen LogP contribution in [0.25, 0.3) is 0 Å². The van der Waals surface area contributed by atoms with Crippen molar-refractivity contribution >= 4 is 12.1 Å². The maximum atomic E-state index is 14.2. The number of alkyl carbamates (subject to hydrolysis) is 1. The molecule has 0 heterocycles. The highest BCUT2D eigenvalue weighted by Crippen LogP contribution is 2.19. The van der Waals surface area contributed by atoms with Crippen LogP contribution < -0.4 is 5.32 Å².